The highest BCUT2D eigenvalue weighted by molar-refractivity contribution is 5.50. The van der Waals surface area contributed by atoms with Crippen molar-refractivity contribution < 1.29 is 25.5 Å². The van der Waals surface area contributed by atoms with Crippen LogP contribution in [0.5, 0.6) is 28.7 Å². The molecule has 0 unspecified atom stereocenters. The van der Waals surface area contributed by atoms with Crippen LogP contribution in [0.15, 0.2) is 109 Å². The van der Waals surface area contributed by atoms with E-state index in [0.717, 1.165) is 51.8 Å². The number of benzene rings is 6. The quantitative estimate of drug-likeness (QED) is 0.115. The van der Waals surface area contributed by atoms with Crippen molar-refractivity contribution in [2.45, 2.75) is 181 Å². The number of rotatable bonds is 6. The van der Waals surface area contributed by atoms with Gasteiger partial charge in [0.05, 0.1) is 0 Å². The standard InChI is InChI=1S/C27H38O.C20H24O2.C17H20O2/c1-21-13-14-24(19-22(21)2)27(25-15-16-26(28)23(3)20-25)17-11-9-7-5-4-6-8-10-12-18-27;1-14-12-16(6-8-18(14)21)20(10-4-3-5-11-20)17-7-9-19(22)15(2)13-17;1-11-9-13(5-7-15(11)18)17(3,4)14-6-8-16(19)12(2)10-14/h13-16,19-20,28H,4-12,17-18H2,1-3H3;6-9,12-13,21-22H,3-5,10-11H2,1-2H3;5-10,18-19H,1-4H3. The van der Waals surface area contributed by atoms with Gasteiger partial charge in [-0.1, -0.05) is 170 Å². The van der Waals surface area contributed by atoms with Gasteiger partial charge < -0.3 is 25.5 Å². The SMILES string of the molecule is Cc1cc(C(C)(C)c2ccc(O)c(C)c2)ccc1O.Cc1cc(C2(c3ccc(O)c(C)c3)CCCCC2)ccc1O.Cc1ccc(C2(c3ccc(O)c(C)c3)CCCCCCCCCCC2)cc1C. The van der Waals surface area contributed by atoms with E-state index in [1.54, 1.807) is 12.1 Å². The molecule has 2 aliphatic rings. The van der Waals surface area contributed by atoms with E-state index in [4.69, 9.17) is 0 Å². The normalized spacial score (nSPS) is 16.4. The molecule has 69 heavy (non-hydrogen) atoms. The van der Waals surface area contributed by atoms with E-state index >= 15 is 0 Å². The van der Waals surface area contributed by atoms with E-state index in [-0.39, 0.29) is 16.2 Å². The number of hydrogen-bond acceptors (Lipinski definition) is 5. The summed E-state index contributed by atoms with van der Waals surface area (Å²) in [6.07, 6.45) is 20.6. The number of phenolic OH excluding ortho intramolecular Hbond substituents is 5. The zero-order valence-corrected chi connectivity index (χ0v) is 43.4. The topological polar surface area (TPSA) is 101 Å². The molecule has 0 saturated heterocycles. The van der Waals surface area contributed by atoms with Crippen molar-refractivity contribution in [1.82, 2.24) is 0 Å². The van der Waals surface area contributed by atoms with Crippen LogP contribution >= 0.6 is 0 Å². The van der Waals surface area contributed by atoms with Crippen molar-refractivity contribution in [1.29, 1.82) is 0 Å². The fourth-order valence-electron chi connectivity index (χ4n) is 11.0. The lowest BCUT2D eigenvalue weighted by Crippen LogP contribution is -2.30. The van der Waals surface area contributed by atoms with Crippen LogP contribution in [0.3, 0.4) is 0 Å². The van der Waals surface area contributed by atoms with Gasteiger partial charge in [0.25, 0.3) is 0 Å². The third-order valence-corrected chi connectivity index (χ3v) is 16.1. The van der Waals surface area contributed by atoms with Crippen molar-refractivity contribution >= 4 is 0 Å². The zero-order valence-electron chi connectivity index (χ0n) is 43.4. The molecule has 2 aliphatic carbocycles. The Morgan fingerprint density at radius 2 is 0.536 bits per heavy atom. The maximum Gasteiger partial charge on any atom is 0.118 e. The zero-order chi connectivity index (χ0) is 49.9. The second-order valence-corrected chi connectivity index (χ2v) is 21.3. The third-order valence-electron chi connectivity index (χ3n) is 16.1. The molecule has 0 atom stereocenters. The molecule has 5 heteroatoms. The Hall–Kier alpha value is -5.68. The van der Waals surface area contributed by atoms with Gasteiger partial charge in [0.2, 0.25) is 0 Å². The molecule has 2 saturated carbocycles. The summed E-state index contributed by atoms with van der Waals surface area (Å²) in [6.45, 7) is 18.5. The largest absolute Gasteiger partial charge is 0.508 e. The summed E-state index contributed by atoms with van der Waals surface area (Å²) in [4.78, 5) is 0. The summed E-state index contributed by atoms with van der Waals surface area (Å²) in [7, 11) is 0. The third kappa shape index (κ3) is 12.6. The summed E-state index contributed by atoms with van der Waals surface area (Å²) < 4.78 is 0. The van der Waals surface area contributed by atoms with Crippen molar-refractivity contribution in [3.05, 3.63) is 182 Å². The predicted octanol–water partition coefficient (Wildman–Crippen LogP) is 16.9. The van der Waals surface area contributed by atoms with Gasteiger partial charge in [-0.2, -0.15) is 0 Å². The molecule has 6 aromatic carbocycles. The molecule has 0 bridgehead atoms. The molecular formula is C64H82O5. The summed E-state index contributed by atoms with van der Waals surface area (Å²) in [5.41, 5.74) is 15.0. The lowest BCUT2D eigenvalue weighted by atomic mass is 9.65. The van der Waals surface area contributed by atoms with Crippen LogP contribution in [-0.2, 0) is 16.2 Å². The van der Waals surface area contributed by atoms with Crippen LogP contribution in [0.25, 0.3) is 0 Å². The minimum atomic E-state index is -0.170. The van der Waals surface area contributed by atoms with E-state index in [2.05, 4.69) is 82.3 Å². The second-order valence-electron chi connectivity index (χ2n) is 21.3. The van der Waals surface area contributed by atoms with Gasteiger partial charge in [0.1, 0.15) is 28.7 Å². The minimum Gasteiger partial charge on any atom is -0.508 e. The Kier molecular flexibility index (Phi) is 17.8. The van der Waals surface area contributed by atoms with Gasteiger partial charge >= 0.3 is 0 Å². The Morgan fingerprint density at radius 1 is 0.290 bits per heavy atom. The van der Waals surface area contributed by atoms with Crippen LogP contribution in [-0.4, -0.2) is 25.5 Å². The molecule has 0 amide bonds. The van der Waals surface area contributed by atoms with Crippen LogP contribution in [0.2, 0.25) is 0 Å². The molecule has 6 aromatic rings. The Labute approximate surface area is 415 Å². The molecule has 0 aromatic heterocycles. The fraction of sp³-hybridized carbons (Fsp3) is 0.438. The number of hydrogen-bond donors (Lipinski definition) is 5. The molecule has 368 valence electrons. The van der Waals surface area contributed by atoms with Crippen molar-refractivity contribution in [3.8, 4) is 28.7 Å². The first-order chi connectivity index (χ1) is 32.9. The van der Waals surface area contributed by atoms with Crippen molar-refractivity contribution in [2.24, 2.45) is 0 Å². The highest BCUT2D eigenvalue weighted by Crippen LogP contribution is 2.47. The Balaban J connectivity index is 0.000000174. The molecule has 2 fully saturated rings. The summed E-state index contributed by atoms with van der Waals surface area (Å²) in [5.74, 6) is 1.77. The van der Waals surface area contributed by atoms with Gasteiger partial charge in [-0.15, -0.1) is 0 Å². The lowest BCUT2D eigenvalue weighted by molar-refractivity contribution is 0.344. The van der Waals surface area contributed by atoms with Gasteiger partial charge in [-0.25, -0.2) is 0 Å². The number of phenols is 5. The lowest BCUT2D eigenvalue weighted by Gasteiger charge is -2.39. The molecule has 5 nitrogen and oxygen atoms in total. The highest BCUT2D eigenvalue weighted by atomic mass is 16.3. The Bertz CT molecular complexity index is 2470. The maximum atomic E-state index is 10.1. The van der Waals surface area contributed by atoms with Crippen LogP contribution in [0.4, 0.5) is 0 Å². The summed E-state index contributed by atoms with van der Waals surface area (Å²) in [5, 5.41) is 49.1. The number of aryl methyl sites for hydroxylation is 7. The van der Waals surface area contributed by atoms with E-state index in [1.807, 2.05) is 77.1 Å². The van der Waals surface area contributed by atoms with Gasteiger partial charge in [0, 0.05) is 16.2 Å². The summed E-state index contributed by atoms with van der Waals surface area (Å²) >= 11 is 0. The van der Waals surface area contributed by atoms with E-state index in [0.29, 0.717) is 28.7 Å². The van der Waals surface area contributed by atoms with Crippen LogP contribution < -0.4 is 0 Å². The molecule has 0 radical (unpaired) electrons. The molecule has 0 aliphatic heterocycles. The van der Waals surface area contributed by atoms with Gasteiger partial charge in [0.15, 0.2) is 0 Å². The first kappa shape index (κ1) is 52.7. The molecule has 0 heterocycles. The monoisotopic (exact) mass is 931 g/mol. The van der Waals surface area contributed by atoms with E-state index in [1.165, 1.54) is 123 Å². The molecule has 8 rings (SSSR count). The van der Waals surface area contributed by atoms with Gasteiger partial charge in [-0.3, -0.25) is 0 Å². The highest BCUT2D eigenvalue weighted by Gasteiger charge is 2.37. The van der Waals surface area contributed by atoms with Crippen LogP contribution in [0.1, 0.15) is 189 Å². The minimum absolute atomic E-state index is 0.00910. The molecule has 5 N–H and O–H groups in total. The first-order valence-electron chi connectivity index (χ1n) is 26.0. The van der Waals surface area contributed by atoms with E-state index < -0.39 is 0 Å². The number of aromatic hydroxyl groups is 5. The average Bonchev–Trinajstić information content (AvgIpc) is 3.32. The van der Waals surface area contributed by atoms with Crippen molar-refractivity contribution in [3.63, 3.8) is 0 Å². The average molecular weight is 931 g/mol. The van der Waals surface area contributed by atoms with Crippen LogP contribution in [0, 0.1) is 48.5 Å². The Morgan fingerprint density at radius 3 is 0.826 bits per heavy atom. The maximum absolute atomic E-state index is 10.1. The predicted molar refractivity (Wildman–Crippen MR) is 288 cm³/mol. The molecular weight excluding hydrogens is 849 g/mol. The van der Waals surface area contributed by atoms with Crippen molar-refractivity contribution in [2.75, 3.05) is 0 Å². The first-order valence-corrected chi connectivity index (χ1v) is 26.0. The molecule has 0 spiro atoms. The van der Waals surface area contributed by atoms with E-state index in [9.17, 15) is 25.5 Å². The fourth-order valence-corrected chi connectivity index (χ4v) is 11.0. The second kappa shape index (κ2) is 23.3. The summed E-state index contributed by atoms with van der Waals surface area (Å²) in [6, 6.07) is 36.8. The smallest absolute Gasteiger partial charge is 0.118 e. The van der Waals surface area contributed by atoms with Gasteiger partial charge in [-0.05, 0) is 177 Å².